The van der Waals surface area contributed by atoms with Crippen LogP contribution in [0.1, 0.15) is 11.1 Å². The van der Waals surface area contributed by atoms with Crippen molar-refractivity contribution in [2.24, 2.45) is 0 Å². The SMILES string of the molecule is Nc1cncnc1N1Cc2ccccc2C1. The Balaban J connectivity index is 1.95. The Morgan fingerprint density at radius 3 is 2.44 bits per heavy atom. The van der Waals surface area contributed by atoms with Gasteiger partial charge in [-0.3, -0.25) is 0 Å². The first kappa shape index (κ1) is 9.15. The highest BCUT2D eigenvalue weighted by Gasteiger charge is 2.20. The standard InChI is InChI=1S/C12H12N4/c13-11-5-14-8-15-12(11)16-6-9-3-1-2-4-10(9)7-16/h1-5,8H,6-7,13H2. The molecule has 0 radical (unpaired) electrons. The summed E-state index contributed by atoms with van der Waals surface area (Å²) in [5.41, 5.74) is 9.20. The summed E-state index contributed by atoms with van der Waals surface area (Å²) in [5.74, 6) is 0.825. The zero-order chi connectivity index (χ0) is 11.0. The molecule has 1 aliphatic heterocycles. The Bertz CT molecular complexity index is 499. The number of nitrogen functional groups attached to an aromatic ring is 1. The van der Waals surface area contributed by atoms with E-state index < -0.39 is 0 Å². The molecule has 0 saturated carbocycles. The van der Waals surface area contributed by atoms with Crippen molar-refractivity contribution < 1.29 is 0 Å². The Morgan fingerprint density at radius 2 is 1.81 bits per heavy atom. The third-order valence-corrected chi connectivity index (χ3v) is 2.86. The van der Waals surface area contributed by atoms with Gasteiger partial charge in [-0.2, -0.15) is 0 Å². The number of nitrogens with two attached hydrogens (primary N) is 1. The number of hydrogen-bond acceptors (Lipinski definition) is 4. The first-order valence-electron chi connectivity index (χ1n) is 5.22. The van der Waals surface area contributed by atoms with Crippen LogP contribution in [0.5, 0.6) is 0 Å². The summed E-state index contributed by atoms with van der Waals surface area (Å²) in [6.45, 7) is 1.74. The summed E-state index contributed by atoms with van der Waals surface area (Å²) in [6.07, 6.45) is 3.18. The van der Waals surface area contributed by atoms with Crippen LogP contribution in [0.25, 0.3) is 0 Å². The lowest BCUT2D eigenvalue weighted by Gasteiger charge is -2.17. The summed E-state index contributed by atoms with van der Waals surface area (Å²) >= 11 is 0. The van der Waals surface area contributed by atoms with E-state index in [1.165, 1.54) is 17.5 Å². The van der Waals surface area contributed by atoms with Crippen molar-refractivity contribution in [1.29, 1.82) is 0 Å². The molecule has 0 bridgehead atoms. The van der Waals surface area contributed by atoms with Crippen LogP contribution in [0.15, 0.2) is 36.8 Å². The third kappa shape index (κ3) is 1.39. The molecule has 1 aromatic heterocycles. The van der Waals surface area contributed by atoms with Gasteiger partial charge in [0.25, 0.3) is 0 Å². The number of anilines is 2. The molecule has 0 fully saturated rings. The summed E-state index contributed by atoms with van der Waals surface area (Å²) < 4.78 is 0. The smallest absolute Gasteiger partial charge is 0.155 e. The topological polar surface area (TPSA) is 55.0 Å². The lowest BCUT2D eigenvalue weighted by molar-refractivity contribution is 0.854. The van der Waals surface area contributed by atoms with Crippen LogP contribution in [0, 0.1) is 0 Å². The lowest BCUT2D eigenvalue weighted by Crippen LogP contribution is -2.17. The van der Waals surface area contributed by atoms with Gasteiger partial charge in [-0.25, -0.2) is 9.97 Å². The molecule has 80 valence electrons. The molecule has 0 atom stereocenters. The Morgan fingerprint density at radius 1 is 1.12 bits per heavy atom. The van der Waals surface area contributed by atoms with Gasteiger partial charge in [-0.1, -0.05) is 24.3 Å². The van der Waals surface area contributed by atoms with Crippen LogP contribution in [-0.4, -0.2) is 9.97 Å². The van der Waals surface area contributed by atoms with Crippen LogP contribution < -0.4 is 10.6 Å². The lowest BCUT2D eigenvalue weighted by atomic mass is 10.1. The third-order valence-electron chi connectivity index (χ3n) is 2.86. The molecule has 0 unspecified atom stereocenters. The van der Waals surface area contributed by atoms with Gasteiger partial charge in [-0.15, -0.1) is 0 Å². The molecule has 0 spiro atoms. The van der Waals surface area contributed by atoms with Crippen molar-refractivity contribution in [3.63, 3.8) is 0 Å². The van der Waals surface area contributed by atoms with E-state index in [0.29, 0.717) is 5.69 Å². The average molecular weight is 212 g/mol. The fourth-order valence-corrected chi connectivity index (χ4v) is 2.08. The first-order valence-corrected chi connectivity index (χ1v) is 5.22. The second kappa shape index (κ2) is 3.48. The monoisotopic (exact) mass is 212 g/mol. The van der Waals surface area contributed by atoms with E-state index in [4.69, 9.17) is 5.73 Å². The molecule has 2 aromatic rings. The zero-order valence-corrected chi connectivity index (χ0v) is 8.80. The van der Waals surface area contributed by atoms with Gasteiger partial charge in [0.15, 0.2) is 5.82 Å². The second-order valence-corrected chi connectivity index (χ2v) is 3.93. The van der Waals surface area contributed by atoms with Crippen LogP contribution in [0.3, 0.4) is 0 Å². The Kier molecular flexibility index (Phi) is 1.99. The molecule has 4 heteroatoms. The number of benzene rings is 1. The number of rotatable bonds is 1. The van der Waals surface area contributed by atoms with E-state index in [2.05, 4.69) is 39.1 Å². The number of hydrogen-bond donors (Lipinski definition) is 1. The maximum atomic E-state index is 5.87. The highest BCUT2D eigenvalue weighted by Crippen LogP contribution is 2.29. The molecule has 0 aliphatic carbocycles. The van der Waals surface area contributed by atoms with Crippen molar-refractivity contribution >= 4 is 11.5 Å². The van der Waals surface area contributed by atoms with Crippen LogP contribution in [0.2, 0.25) is 0 Å². The van der Waals surface area contributed by atoms with Gasteiger partial charge in [0.05, 0.1) is 11.9 Å². The minimum atomic E-state index is 0.635. The van der Waals surface area contributed by atoms with Gasteiger partial charge >= 0.3 is 0 Å². The Labute approximate surface area is 93.8 Å². The molecule has 16 heavy (non-hydrogen) atoms. The normalized spacial score (nSPS) is 13.9. The van der Waals surface area contributed by atoms with Gasteiger partial charge in [-0.05, 0) is 11.1 Å². The summed E-state index contributed by atoms with van der Waals surface area (Å²) in [4.78, 5) is 10.3. The van der Waals surface area contributed by atoms with Crippen LogP contribution >= 0.6 is 0 Å². The summed E-state index contributed by atoms with van der Waals surface area (Å²) in [6, 6.07) is 8.41. The van der Waals surface area contributed by atoms with Crippen molar-refractivity contribution in [3.8, 4) is 0 Å². The van der Waals surface area contributed by atoms with Gasteiger partial charge in [0, 0.05) is 13.1 Å². The predicted molar refractivity (Wildman–Crippen MR) is 62.8 cm³/mol. The fraction of sp³-hybridized carbons (Fsp3) is 0.167. The maximum Gasteiger partial charge on any atom is 0.155 e. The Hall–Kier alpha value is -2.10. The molecule has 1 aromatic carbocycles. The second-order valence-electron chi connectivity index (χ2n) is 3.93. The molecule has 0 amide bonds. The molecule has 4 nitrogen and oxygen atoms in total. The molecule has 2 heterocycles. The van der Waals surface area contributed by atoms with Gasteiger partial charge in [0.2, 0.25) is 0 Å². The van der Waals surface area contributed by atoms with E-state index in [9.17, 15) is 0 Å². The van der Waals surface area contributed by atoms with Crippen LogP contribution in [0.4, 0.5) is 11.5 Å². The fourth-order valence-electron chi connectivity index (χ4n) is 2.08. The van der Waals surface area contributed by atoms with E-state index in [0.717, 1.165) is 18.9 Å². The predicted octanol–water partition coefficient (Wildman–Crippen LogP) is 1.58. The molecule has 3 rings (SSSR count). The van der Waals surface area contributed by atoms with E-state index in [1.54, 1.807) is 6.20 Å². The number of aromatic nitrogens is 2. The number of fused-ring (bicyclic) bond motifs is 1. The van der Waals surface area contributed by atoms with Crippen molar-refractivity contribution in [2.45, 2.75) is 13.1 Å². The number of nitrogens with zero attached hydrogens (tertiary/aromatic N) is 3. The average Bonchev–Trinajstić information content (AvgIpc) is 2.73. The summed E-state index contributed by atoms with van der Waals surface area (Å²) in [7, 11) is 0. The highest BCUT2D eigenvalue weighted by molar-refractivity contribution is 5.62. The molecule has 2 N–H and O–H groups in total. The van der Waals surface area contributed by atoms with Gasteiger partial charge in [0.1, 0.15) is 6.33 Å². The molecular formula is C12H12N4. The van der Waals surface area contributed by atoms with Gasteiger partial charge < -0.3 is 10.6 Å². The molecular weight excluding hydrogens is 200 g/mol. The molecule has 0 saturated heterocycles. The van der Waals surface area contributed by atoms with Crippen molar-refractivity contribution in [1.82, 2.24) is 9.97 Å². The molecule has 1 aliphatic rings. The maximum absolute atomic E-state index is 5.87. The quantitative estimate of drug-likeness (QED) is 0.779. The first-order chi connectivity index (χ1) is 7.84. The largest absolute Gasteiger partial charge is 0.394 e. The minimum Gasteiger partial charge on any atom is -0.394 e. The van der Waals surface area contributed by atoms with Crippen molar-refractivity contribution in [2.75, 3.05) is 10.6 Å². The highest BCUT2D eigenvalue weighted by atomic mass is 15.2. The van der Waals surface area contributed by atoms with Crippen molar-refractivity contribution in [3.05, 3.63) is 47.9 Å². The van der Waals surface area contributed by atoms with E-state index in [-0.39, 0.29) is 0 Å². The van der Waals surface area contributed by atoms with E-state index in [1.807, 2.05) is 0 Å². The zero-order valence-electron chi connectivity index (χ0n) is 8.80. The van der Waals surface area contributed by atoms with E-state index >= 15 is 0 Å². The van der Waals surface area contributed by atoms with Crippen LogP contribution in [-0.2, 0) is 13.1 Å². The minimum absolute atomic E-state index is 0.635. The summed E-state index contributed by atoms with van der Waals surface area (Å²) in [5, 5.41) is 0.